The summed E-state index contributed by atoms with van der Waals surface area (Å²) in [5.74, 6) is -0.481. The van der Waals surface area contributed by atoms with Crippen LogP contribution in [0.4, 0.5) is 13.9 Å². The van der Waals surface area contributed by atoms with Crippen molar-refractivity contribution in [3.05, 3.63) is 59.7 Å². The SMILES string of the molecule is Fc1cccc(CCNc2nc3ccc(F)cc3s2)c1. The lowest BCUT2D eigenvalue weighted by molar-refractivity contribution is 0.625. The number of thiazole rings is 1. The molecule has 0 saturated carbocycles. The van der Waals surface area contributed by atoms with E-state index in [1.807, 2.05) is 6.07 Å². The molecule has 3 aromatic rings. The van der Waals surface area contributed by atoms with E-state index < -0.39 is 0 Å². The van der Waals surface area contributed by atoms with E-state index >= 15 is 0 Å². The highest BCUT2D eigenvalue weighted by Crippen LogP contribution is 2.26. The Kier molecular flexibility index (Phi) is 3.60. The lowest BCUT2D eigenvalue weighted by atomic mass is 10.1. The van der Waals surface area contributed by atoms with E-state index in [2.05, 4.69) is 10.3 Å². The summed E-state index contributed by atoms with van der Waals surface area (Å²) < 4.78 is 26.9. The number of fused-ring (bicyclic) bond motifs is 1. The second kappa shape index (κ2) is 5.54. The van der Waals surface area contributed by atoms with Crippen LogP contribution in [0.3, 0.4) is 0 Å². The molecule has 0 aliphatic heterocycles. The monoisotopic (exact) mass is 290 g/mol. The molecule has 0 aliphatic carbocycles. The third-order valence-electron chi connectivity index (χ3n) is 2.93. The van der Waals surface area contributed by atoms with E-state index in [-0.39, 0.29) is 11.6 Å². The second-order valence-corrected chi connectivity index (χ2v) is 5.47. The normalized spacial score (nSPS) is 10.9. The summed E-state index contributed by atoms with van der Waals surface area (Å²) in [4.78, 5) is 4.37. The summed E-state index contributed by atoms with van der Waals surface area (Å²) in [6, 6.07) is 11.1. The van der Waals surface area contributed by atoms with Crippen molar-refractivity contribution in [1.82, 2.24) is 4.98 Å². The molecule has 20 heavy (non-hydrogen) atoms. The molecule has 1 aromatic heterocycles. The molecule has 5 heteroatoms. The minimum absolute atomic E-state index is 0.224. The Morgan fingerprint density at radius 1 is 1.05 bits per heavy atom. The van der Waals surface area contributed by atoms with E-state index in [4.69, 9.17) is 0 Å². The van der Waals surface area contributed by atoms with Gasteiger partial charge in [-0.3, -0.25) is 0 Å². The summed E-state index contributed by atoms with van der Waals surface area (Å²) in [5, 5.41) is 3.94. The van der Waals surface area contributed by atoms with E-state index in [1.165, 1.54) is 35.6 Å². The third-order valence-corrected chi connectivity index (χ3v) is 3.91. The van der Waals surface area contributed by atoms with Gasteiger partial charge in [0.1, 0.15) is 11.6 Å². The maximum absolute atomic E-state index is 13.1. The molecule has 2 nitrogen and oxygen atoms in total. The summed E-state index contributed by atoms with van der Waals surface area (Å²) in [6.07, 6.45) is 0.710. The van der Waals surface area contributed by atoms with Crippen molar-refractivity contribution in [1.29, 1.82) is 0 Å². The fourth-order valence-electron chi connectivity index (χ4n) is 1.98. The largest absolute Gasteiger partial charge is 0.361 e. The highest BCUT2D eigenvalue weighted by molar-refractivity contribution is 7.22. The molecule has 0 unspecified atom stereocenters. The zero-order chi connectivity index (χ0) is 13.9. The first kappa shape index (κ1) is 13.0. The molecule has 0 bridgehead atoms. The van der Waals surface area contributed by atoms with Crippen LogP contribution in [0, 0.1) is 11.6 Å². The Bertz CT molecular complexity index is 740. The van der Waals surface area contributed by atoms with Gasteiger partial charge in [-0.2, -0.15) is 0 Å². The molecule has 0 radical (unpaired) electrons. The highest BCUT2D eigenvalue weighted by atomic mass is 32.1. The molecule has 1 heterocycles. The number of halogens is 2. The number of hydrogen-bond acceptors (Lipinski definition) is 3. The third kappa shape index (κ3) is 2.93. The molecule has 2 aromatic carbocycles. The second-order valence-electron chi connectivity index (χ2n) is 4.44. The Morgan fingerprint density at radius 2 is 1.90 bits per heavy atom. The van der Waals surface area contributed by atoms with E-state index in [0.29, 0.717) is 13.0 Å². The first-order chi connectivity index (χ1) is 9.70. The summed E-state index contributed by atoms with van der Waals surface area (Å²) in [5.41, 5.74) is 1.72. The molecule has 0 fully saturated rings. The van der Waals surface area contributed by atoms with Crippen LogP contribution in [0.25, 0.3) is 10.2 Å². The van der Waals surface area contributed by atoms with Gasteiger partial charge in [0.15, 0.2) is 5.13 Å². The van der Waals surface area contributed by atoms with Gasteiger partial charge in [-0.25, -0.2) is 13.8 Å². The number of rotatable bonds is 4. The van der Waals surface area contributed by atoms with Gasteiger partial charge in [0.2, 0.25) is 0 Å². The molecule has 0 atom stereocenters. The van der Waals surface area contributed by atoms with Gasteiger partial charge in [-0.15, -0.1) is 0 Å². The number of nitrogens with one attached hydrogen (secondary N) is 1. The quantitative estimate of drug-likeness (QED) is 0.778. The minimum Gasteiger partial charge on any atom is -0.361 e. The molecule has 0 spiro atoms. The predicted molar refractivity (Wildman–Crippen MR) is 78.2 cm³/mol. The van der Waals surface area contributed by atoms with E-state index in [1.54, 1.807) is 12.1 Å². The average Bonchev–Trinajstić information content (AvgIpc) is 2.80. The Labute approximate surface area is 119 Å². The summed E-state index contributed by atoms with van der Waals surface area (Å²) in [7, 11) is 0. The number of anilines is 1. The number of benzene rings is 2. The lowest BCUT2D eigenvalue weighted by Crippen LogP contribution is -2.04. The van der Waals surface area contributed by atoms with Crippen molar-refractivity contribution in [3.63, 3.8) is 0 Å². The van der Waals surface area contributed by atoms with Crippen molar-refractivity contribution >= 4 is 26.7 Å². The van der Waals surface area contributed by atoms with E-state index in [0.717, 1.165) is 20.9 Å². The lowest BCUT2D eigenvalue weighted by Gasteiger charge is -2.02. The van der Waals surface area contributed by atoms with Gasteiger partial charge in [-0.05, 0) is 42.3 Å². The first-order valence-corrected chi connectivity index (χ1v) is 7.07. The Balaban J connectivity index is 1.65. The zero-order valence-corrected chi connectivity index (χ0v) is 11.4. The van der Waals surface area contributed by atoms with Crippen molar-refractivity contribution in [2.24, 2.45) is 0 Å². The van der Waals surface area contributed by atoms with Crippen LogP contribution in [0.5, 0.6) is 0 Å². The maximum Gasteiger partial charge on any atom is 0.183 e. The predicted octanol–water partition coefficient (Wildman–Crippen LogP) is 4.23. The highest BCUT2D eigenvalue weighted by Gasteiger charge is 2.04. The number of hydrogen-bond donors (Lipinski definition) is 1. The van der Waals surface area contributed by atoms with Crippen LogP contribution >= 0.6 is 11.3 Å². The summed E-state index contributed by atoms with van der Waals surface area (Å²) >= 11 is 1.41. The Morgan fingerprint density at radius 3 is 2.75 bits per heavy atom. The van der Waals surface area contributed by atoms with Crippen molar-refractivity contribution < 1.29 is 8.78 Å². The first-order valence-electron chi connectivity index (χ1n) is 6.25. The van der Waals surface area contributed by atoms with Crippen LogP contribution in [-0.4, -0.2) is 11.5 Å². The fraction of sp³-hybridized carbons (Fsp3) is 0.133. The molecule has 1 N–H and O–H groups in total. The average molecular weight is 290 g/mol. The minimum atomic E-state index is -0.257. The molecule has 0 amide bonds. The number of nitrogens with zero attached hydrogens (tertiary/aromatic N) is 1. The molecule has 3 rings (SSSR count). The van der Waals surface area contributed by atoms with Crippen molar-refractivity contribution in [2.45, 2.75) is 6.42 Å². The smallest absolute Gasteiger partial charge is 0.183 e. The standard InChI is InChI=1S/C15H12F2N2S/c16-11-3-1-2-10(8-11)6-7-18-15-19-13-5-4-12(17)9-14(13)20-15/h1-5,8-9H,6-7H2,(H,18,19). The van der Waals surface area contributed by atoms with E-state index in [9.17, 15) is 8.78 Å². The van der Waals surface area contributed by atoms with Crippen LogP contribution in [0.2, 0.25) is 0 Å². The van der Waals surface area contributed by atoms with Crippen molar-refractivity contribution in [3.8, 4) is 0 Å². The summed E-state index contributed by atoms with van der Waals surface area (Å²) in [6.45, 7) is 0.658. The van der Waals surface area contributed by atoms with Gasteiger partial charge in [0, 0.05) is 6.54 Å². The molecule has 102 valence electrons. The molecular weight excluding hydrogens is 278 g/mol. The van der Waals surface area contributed by atoms with Crippen LogP contribution < -0.4 is 5.32 Å². The maximum atomic E-state index is 13.1. The van der Waals surface area contributed by atoms with Gasteiger partial charge >= 0.3 is 0 Å². The Hall–Kier alpha value is -2.01. The van der Waals surface area contributed by atoms with Crippen LogP contribution in [0.1, 0.15) is 5.56 Å². The van der Waals surface area contributed by atoms with Gasteiger partial charge in [0.05, 0.1) is 10.2 Å². The fourth-order valence-corrected chi connectivity index (χ4v) is 2.90. The molecular formula is C15H12F2N2S. The molecule has 0 aliphatic rings. The van der Waals surface area contributed by atoms with Gasteiger partial charge in [0.25, 0.3) is 0 Å². The van der Waals surface area contributed by atoms with Crippen molar-refractivity contribution in [2.75, 3.05) is 11.9 Å². The van der Waals surface area contributed by atoms with Gasteiger partial charge < -0.3 is 5.32 Å². The molecule has 0 saturated heterocycles. The van der Waals surface area contributed by atoms with Crippen LogP contribution in [0.15, 0.2) is 42.5 Å². The van der Waals surface area contributed by atoms with Gasteiger partial charge in [-0.1, -0.05) is 23.5 Å². The van der Waals surface area contributed by atoms with Crippen LogP contribution in [-0.2, 0) is 6.42 Å². The zero-order valence-electron chi connectivity index (χ0n) is 10.6. The topological polar surface area (TPSA) is 24.9 Å². The number of aromatic nitrogens is 1.